The Morgan fingerprint density at radius 1 is 1.21 bits per heavy atom. The van der Waals surface area contributed by atoms with Crippen molar-refractivity contribution in [3.05, 3.63) is 0 Å². The molecule has 0 aliphatic heterocycles. The minimum atomic E-state index is -0.959. The first-order valence-corrected chi connectivity index (χ1v) is 6.41. The monoisotopic (exact) mass is 273 g/mol. The predicted molar refractivity (Wildman–Crippen MR) is 70.8 cm³/mol. The molecule has 0 spiro atoms. The molecule has 0 heterocycles. The van der Waals surface area contributed by atoms with Gasteiger partial charge in [0.2, 0.25) is 5.91 Å². The first-order chi connectivity index (χ1) is 8.88. The molecule has 0 saturated carbocycles. The van der Waals surface area contributed by atoms with Gasteiger partial charge in [-0.25, -0.2) is 4.79 Å². The number of nitrogens with zero attached hydrogens (tertiary/aromatic N) is 1. The zero-order chi connectivity index (χ0) is 14.8. The normalized spacial score (nSPS) is 10.1. The first-order valence-electron chi connectivity index (χ1n) is 6.41. The smallest absolute Gasteiger partial charge is 0.318 e. The van der Waals surface area contributed by atoms with Crippen LogP contribution in [0.3, 0.4) is 0 Å². The van der Waals surface area contributed by atoms with Crippen molar-refractivity contribution in [2.45, 2.75) is 39.7 Å². The second-order valence-electron chi connectivity index (χ2n) is 4.44. The summed E-state index contributed by atoms with van der Waals surface area (Å²) in [5.74, 6) is -1.21. The van der Waals surface area contributed by atoms with Gasteiger partial charge in [-0.1, -0.05) is 6.92 Å². The fourth-order valence-corrected chi connectivity index (χ4v) is 1.39. The summed E-state index contributed by atoms with van der Waals surface area (Å²) in [4.78, 5) is 35.0. The minimum Gasteiger partial charge on any atom is -0.481 e. The molecule has 0 aliphatic rings. The molecular weight excluding hydrogens is 250 g/mol. The molecule has 0 aromatic rings. The molecule has 7 nitrogen and oxygen atoms in total. The summed E-state index contributed by atoms with van der Waals surface area (Å²) in [5, 5.41) is 13.7. The van der Waals surface area contributed by atoms with Crippen molar-refractivity contribution in [2.75, 3.05) is 19.6 Å². The molecular formula is C12H23N3O4. The Kier molecular flexibility index (Phi) is 8.32. The van der Waals surface area contributed by atoms with Gasteiger partial charge in [0.05, 0.1) is 13.0 Å². The van der Waals surface area contributed by atoms with Crippen LogP contribution in [0.15, 0.2) is 0 Å². The van der Waals surface area contributed by atoms with Crippen LogP contribution in [0.5, 0.6) is 0 Å². The maximum atomic E-state index is 11.8. The van der Waals surface area contributed by atoms with E-state index in [1.165, 1.54) is 4.90 Å². The highest BCUT2D eigenvalue weighted by atomic mass is 16.4. The summed E-state index contributed by atoms with van der Waals surface area (Å²) >= 11 is 0. The number of hydrogen-bond donors (Lipinski definition) is 3. The lowest BCUT2D eigenvalue weighted by Crippen LogP contribution is -2.47. The predicted octanol–water partition coefficient (Wildman–Crippen LogP) is 0.407. The Morgan fingerprint density at radius 3 is 2.32 bits per heavy atom. The first kappa shape index (κ1) is 17.2. The van der Waals surface area contributed by atoms with Gasteiger partial charge in [0.15, 0.2) is 0 Å². The Hall–Kier alpha value is -1.79. The van der Waals surface area contributed by atoms with E-state index >= 15 is 0 Å². The Bertz CT molecular complexity index is 318. The third-order valence-electron chi connectivity index (χ3n) is 2.42. The topological polar surface area (TPSA) is 98.7 Å². The number of urea groups is 1. The molecule has 110 valence electrons. The van der Waals surface area contributed by atoms with E-state index in [9.17, 15) is 14.4 Å². The highest BCUT2D eigenvalue weighted by molar-refractivity contribution is 5.84. The van der Waals surface area contributed by atoms with Gasteiger partial charge in [0, 0.05) is 19.1 Å². The van der Waals surface area contributed by atoms with Crippen LogP contribution in [0, 0.1) is 0 Å². The molecule has 0 radical (unpaired) electrons. The van der Waals surface area contributed by atoms with E-state index in [0.29, 0.717) is 6.54 Å². The summed E-state index contributed by atoms with van der Waals surface area (Å²) in [6.07, 6.45) is 0.712. The van der Waals surface area contributed by atoms with Gasteiger partial charge in [0.1, 0.15) is 0 Å². The van der Waals surface area contributed by atoms with Crippen LogP contribution in [0.2, 0.25) is 0 Å². The molecule has 0 bridgehead atoms. The lowest BCUT2D eigenvalue weighted by molar-refractivity contribution is -0.137. The zero-order valence-corrected chi connectivity index (χ0v) is 11.7. The van der Waals surface area contributed by atoms with Crippen LogP contribution in [-0.4, -0.2) is 53.6 Å². The largest absolute Gasteiger partial charge is 0.481 e. The van der Waals surface area contributed by atoms with E-state index < -0.39 is 12.0 Å². The molecule has 0 saturated heterocycles. The van der Waals surface area contributed by atoms with E-state index in [-0.39, 0.29) is 31.5 Å². The zero-order valence-electron chi connectivity index (χ0n) is 11.7. The summed E-state index contributed by atoms with van der Waals surface area (Å²) in [6.45, 7) is 6.11. The molecule has 0 rings (SSSR count). The summed E-state index contributed by atoms with van der Waals surface area (Å²) < 4.78 is 0. The van der Waals surface area contributed by atoms with Gasteiger partial charge in [-0.15, -0.1) is 0 Å². The number of rotatable bonds is 8. The maximum Gasteiger partial charge on any atom is 0.318 e. The van der Waals surface area contributed by atoms with E-state index in [1.807, 2.05) is 6.92 Å². The molecule has 0 aromatic carbocycles. The van der Waals surface area contributed by atoms with Gasteiger partial charge in [-0.2, -0.15) is 0 Å². The molecule has 0 atom stereocenters. The number of carbonyl (C=O) groups is 3. The summed E-state index contributed by atoms with van der Waals surface area (Å²) in [5.41, 5.74) is 0. The van der Waals surface area contributed by atoms with Gasteiger partial charge in [-0.05, 0) is 20.3 Å². The van der Waals surface area contributed by atoms with Crippen molar-refractivity contribution in [2.24, 2.45) is 0 Å². The fraction of sp³-hybridized carbons (Fsp3) is 0.750. The lowest BCUT2D eigenvalue weighted by atomic mass is 10.3. The van der Waals surface area contributed by atoms with Crippen molar-refractivity contribution in [3.63, 3.8) is 0 Å². The van der Waals surface area contributed by atoms with E-state index in [0.717, 1.165) is 6.42 Å². The standard InChI is InChI=1S/C12H23N3O4/c1-4-6-13-10(16)8-14-12(19)15(9(2)3)7-5-11(17)18/h9H,4-8H2,1-3H3,(H,13,16)(H,14,19)(H,17,18). The van der Waals surface area contributed by atoms with Crippen LogP contribution in [0.4, 0.5) is 4.79 Å². The van der Waals surface area contributed by atoms with Crippen LogP contribution in [0.1, 0.15) is 33.6 Å². The number of hydrogen-bond acceptors (Lipinski definition) is 3. The van der Waals surface area contributed by atoms with Crippen molar-refractivity contribution >= 4 is 17.9 Å². The van der Waals surface area contributed by atoms with Crippen molar-refractivity contribution in [1.29, 1.82) is 0 Å². The van der Waals surface area contributed by atoms with Crippen LogP contribution >= 0.6 is 0 Å². The second kappa shape index (κ2) is 9.18. The highest BCUT2D eigenvalue weighted by Crippen LogP contribution is 2.00. The van der Waals surface area contributed by atoms with Gasteiger partial charge in [0.25, 0.3) is 0 Å². The van der Waals surface area contributed by atoms with E-state index in [2.05, 4.69) is 10.6 Å². The average Bonchev–Trinajstić information content (AvgIpc) is 2.33. The van der Waals surface area contributed by atoms with Crippen LogP contribution < -0.4 is 10.6 Å². The second-order valence-corrected chi connectivity index (χ2v) is 4.44. The molecule has 0 fully saturated rings. The van der Waals surface area contributed by atoms with Gasteiger partial charge in [-0.3, -0.25) is 9.59 Å². The van der Waals surface area contributed by atoms with Gasteiger partial charge >= 0.3 is 12.0 Å². The van der Waals surface area contributed by atoms with E-state index in [4.69, 9.17) is 5.11 Å². The Labute approximate surface area is 113 Å². The number of carboxylic acids is 1. The number of carboxylic acid groups (broad SMARTS) is 1. The number of carbonyl (C=O) groups excluding carboxylic acids is 2. The Morgan fingerprint density at radius 2 is 1.84 bits per heavy atom. The third-order valence-corrected chi connectivity index (χ3v) is 2.42. The summed E-state index contributed by atoms with van der Waals surface area (Å²) in [7, 11) is 0. The SMILES string of the molecule is CCCNC(=O)CNC(=O)N(CCC(=O)O)C(C)C. The van der Waals surface area contributed by atoms with Crippen molar-refractivity contribution in [3.8, 4) is 0 Å². The molecule has 0 unspecified atom stereocenters. The maximum absolute atomic E-state index is 11.8. The molecule has 3 amide bonds. The quantitative estimate of drug-likeness (QED) is 0.596. The number of aliphatic carboxylic acids is 1. The van der Waals surface area contributed by atoms with Crippen LogP contribution in [-0.2, 0) is 9.59 Å². The summed E-state index contributed by atoms with van der Waals surface area (Å²) in [6, 6.07) is -0.555. The molecule has 0 aromatic heterocycles. The van der Waals surface area contributed by atoms with E-state index in [1.54, 1.807) is 13.8 Å². The molecule has 7 heteroatoms. The molecule has 3 N–H and O–H groups in total. The third kappa shape index (κ3) is 8.01. The fourth-order valence-electron chi connectivity index (χ4n) is 1.39. The number of nitrogens with one attached hydrogen (secondary N) is 2. The average molecular weight is 273 g/mol. The molecule has 19 heavy (non-hydrogen) atoms. The molecule has 0 aliphatic carbocycles. The Balaban J connectivity index is 4.18. The highest BCUT2D eigenvalue weighted by Gasteiger charge is 2.18. The van der Waals surface area contributed by atoms with Crippen molar-refractivity contribution in [1.82, 2.24) is 15.5 Å². The lowest BCUT2D eigenvalue weighted by Gasteiger charge is -2.26. The van der Waals surface area contributed by atoms with Crippen LogP contribution in [0.25, 0.3) is 0 Å². The van der Waals surface area contributed by atoms with Gasteiger partial charge < -0.3 is 20.6 Å². The number of amides is 3. The minimum absolute atomic E-state index is 0.102. The van der Waals surface area contributed by atoms with Crippen molar-refractivity contribution < 1.29 is 19.5 Å².